The number of carbonyl (C=O) groups is 1. The van der Waals surface area contributed by atoms with Crippen molar-refractivity contribution in [3.63, 3.8) is 0 Å². The number of hydrogen-bond acceptors (Lipinski definition) is 3. The van der Waals surface area contributed by atoms with E-state index in [1.165, 1.54) is 12.1 Å². The highest BCUT2D eigenvalue weighted by molar-refractivity contribution is 5.79. The molecule has 0 saturated carbocycles. The van der Waals surface area contributed by atoms with Gasteiger partial charge in [0.25, 0.3) is 0 Å². The molecule has 7 heteroatoms. The smallest absolute Gasteiger partial charge is 0.338 e. The second kappa shape index (κ2) is 5.97. The van der Waals surface area contributed by atoms with E-state index in [-0.39, 0.29) is 18.1 Å². The summed E-state index contributed by atoms with van der Waals surface area (Å²) in [6.07, 6.45) is 2.76. The Hall–Kier alpha value is -2.70. The Balaban J connectivity index is 1.63. The van der Waals surface area contributed by atoms with E-state index < -0.39 is 5.69 Å². The highest BCUT2D eigenvalue weighted by atomic mass is 19.1. The molecule has 22 heavy (non-hydrogen) atoms. The van der Waals surface area contributed by atoms with Gasteiger partial charge in [-0.2, -0.15) is 5.10 Å². The Morgan fingerprint density at radius 3 is 2.68 bits per heavy atom. The summed E-state index contributed by atoms with van der Waals surface area (Å²) in [7, 11) is 0. The number of amides is 1. The summed E-state index contributed by atoms with van der Waals surface area (Å²) in [5, 5.41) is 5.97. The number of H-pyrrole nitrogens is 2. The number of halogens is 1. The van der Waals surface area contributed by atoms with Gasteiger partial charge in [0.05, 0.1) is 6.42 Å². The molecule has 0 aliphatic carbocycles. The quantitative estimate of drug-likeness (QED) is 0.890. The molecule has 0 atom stereocenters. The van der Waals surface area contributed by atoms with Crippen molar-refractivity contribution in [3.8, 4) is 0 Å². The van der Waals surface area contributed by atoms with Gasteiger partial charge in [-0.05, 0) is 29.7 Å². The maximum atomic E-state index is 12.9. The first-order chi connectivity index (χ1) is 10.6. The maximum absolute atomic E-state index is 12.9. The largest absolute Gasteiger partial charge is 0.340 e. The fraction of sp³-hybridized carbons (Fsp3) is 0.267. The van der Waals surface area contributed by atoms with Crippen LogP contribution in [0.1, 0.15) is 17.8 Å². The van der Waals surface area contributed by atoms with E-state index in [0.29, 0.717) is 25.3 Å². The van der Waals surface area contributed by atoms with Crippen molar-refractivity contribution < 1.29 is 9.18 Å². The molecule has 1 aliphatic heterocycles. The maximum Gasteiger partial charge on any atom is 0.340 e. The first-order valence-electron chi connectivity index (χ1n) is 6.98. The summed E-state index contributed by atoms with van der Waals surface area (Å²) in [4.78, 5) is 27.2. The molecule has 6 nitrogen and oxygen atoms in total. The second-order valence-electron chi connectivity index (χ2n) is 5.13. The van der Waals surface area contributed by atoms with E-state index in [1.807, 2.05) is 6.08 Å². The molecule has 3 rings (SSSR count). The minimum absolute atomic E-state index is 0.0679. The van der Waals surface area contributed by atoms with Crippen LogP contribution in [-0.2, 0) is 11.2 Å². The number of benzene rings is 1. The molecule has 2 N–H and O–H groups in total. The van der Waals surface area contributed by atoms with Crippen LogP contribution in [-0.4, -0.2) is 39.1 Å². The van der Waals surface area contributed by atoms with Gasteiger partial charge in [-0.15, -0.1) is 0 Å². The lowest BCUT2D eigenvalue weighted by atomic mass is 9.99. The number of carbonyl (C=O) groups excluding carboxylic acids is 1. The Morgan fingerprint density at radius 2 is 2.09 bits per heavy atom. The lowest BCUT2D eigenvalue weighted by Crippen LogP contribution is -2.36. The lowest BCUT2D eigenvalue weighted by Gasteiger charge is -2.26. The zero-order valence-corrected chi connectivity index (χ0v) is 11.8. The predicted molar refractivity (Wildman–Crippen MR) is 78.5 cm³/mol. The minimum atomic E-state index is -0.417. The van der Waals surface area contributed by atoms with Crippen LogP contribution in [0.15, 0.2) is 35.1 Å². The Bertz CT molecular complexity index is 760. The van der Waals surface area contributed by atoms with Gasteiger partial charge in [0.1, 0.15) is 11.6 Å². The van der Waals surface area contributed by atoms with Crippen molar-refractivity contribution in [2.75, 3.05) is 13.1 Å². The van der Waals surface area contributed by atoms with Crippen molar-refractivity contribution in [2.24, 2.45) is 0 Å². The van der Waals surface area contributed by atoms with Crippen LogP contribution in [0.4, 0.5) is 4.39 Å². The van der Waals surface area contributed by atoms with E-state index in [0.717, 1.165) is 11.1 Å². The Kier molecular flexibility index (Phi) is 3.86. The highest BCUT2D eigenvalue weighted by Crippen LogP contribution is 2.22. The van der Waals surface area contributed by atoms with Crippen LogP contribution in [0, 0.1) is 5.82 Å². The third-order valence-electron chi connectivity index (χ3n) is 3.65. The molecular weight excluding hydrogens is 287 g/mol. The van der Waals surface area contributed by atoms with Gasteiger partial charge in [0, 0.05) is 13.1 Å². The van der Waals surface area contributed by atoms with Crippen LogP contribution in [0.3, 0.4) is 0 Å². The zero-order valence-electron chi connectivity index (χ0n) is 11.8. The molecule has 0 bridgehead atoms. The molecule has 0 radical (unpaired) electrons. The van der Waals surface area contributed by atoms with Gasteiger partial charge in [-0.25, -0.2) is 14.3 Å². The van der Waals surface area contributed by atoms with Gasteiger partial charge in [0.2, 0.25) is 5.91 Å². The van der Waals surface area contributed by atoms with Gasteiger partial charge < -0.3 is 4.90 Å². The molecule has 0 fully saturated rings. The molecule has 1 aromatic heterocycles. The predicted octanol–water partition coefficient (Wildman–Crippen LogP) is 1.10. The van der Waals surface area contributed by atoms with Crippen molar-refractivity contribution in [1.29, 1.82) is 0 Å². The van der Waals surface area contributed by atoms with Gasteiger partial charge in [0.15, 0.2) is 0 Å². The molecule has 2 heterocycles. The van der Waals surface area contributed by atoms with Crippen molar-refractivity contribution in [1.82, 2.24) is 20.1 Å². The fourth-order valence-corrected chi connectivity index (χ4v) is 2.47. The number of nitrogens with one attached hydrogen (secondary N) is 2. The third-order valence-corrected chi connectivity index (χ3v) is 3.65. The van der Waals surface area contributed by atoms with Crippen molar-refractivity contribution in [3.05, 3.63) is 58.0 Å². The number of aromatic amines is 2. The molecular formula is C15H15FN4O2. The standard InChI is InChI=1S/C15H15FN4O2/c16-12-3-1-10(2-4-12)11-5-7-20(8-6-11)14(21)9-13-17-15(22)19-18-13/h1-5H,6-9H2,(H2,17,18,19,22). The van der Waals surface area contributed by atoms with Gasteiger partial charge in [-0.1, -0.05) is 18.2 Å². The summed E-state index contributed by atoms with van der Waals surface area (Å²) in [5.74, 6) is -0.00886. The van der Waals surface area contributed by atoms with Crippen LogP contribution >= 0.6 is 0 Å². The van der Waals surface area contributed by atoms with Gasteiger partial charge in [-0.3, -0.25) is 9.78 Å². The molecule has 1 aromatic carbocycles. The van der Waals surface area contributed by atoms with Crippen molar-refractivity contribution >= 4 is 11.5 Å². The first kappa shape index (κ1) is 14.2. The third kappa shape index (κ3) is 3.13. The zero-order chi connectivity index (χ0) is 15.5. The number of rotatable bonds is 3. The van der Waals surface area contributed by atoms with Crippen molar-refractivity contribution in [2.45, 2.75) is 12.8 Å². The average molecular weight is 302 g/mol. The number of nitrogens with zero attached hydrogens (tertiary/aromatic N) is 2. The summed E-state index contributed by atoms with van der Waals surface area (Å²) in [6.45, 7) is 1.09. The monoisotopic (exact) mass is 302 g/mol. The molecule has 1 amide bonds. The highest BCUT2D eigenvalue weighted by Gasteiger charge is 2.19. The molecule has 2 aromatic rings. The number of aromatic nitrogens is 3. The summed E-state index contributed by atoms with van der Waals surface area (Å²) < 4.78 is 12.9. The van der Waals surface area contributed by atoms with E-state index in [4.69, 9.17) is 0 Å². The molecule has 0 unspecified atom stereocenters. The SMILES string of the molecule is O=C(Cc1n[nH]c(=O)[nH]1)N1CC=C(c2ccc(F)cc2)CC1. The van der Waals surface area contributed by atoms with Gasteiger partial charge >= 0.3 is 5.69 Å². The molecule has 1 aliphatic rings. The summed E-state index contributed by atoms with van der Waals surface area (Å²) in [5.41, 5.74) is 1.67. The van der Waals surface area contributed by atoms with E-state index >= 15 is 0 Å². The minimum Gasteiger partial charge on any atom is -0.338 e. The normalized spacial score (nSPS) is 14.8. The average Bonchev–Trinajstić information content (AvgIpc) is 2.93. The topological polar surface area (TPSA) is 81.8 Å². The molecule has 114 valence electrons. The van der Waals surface area contributed by atoms with E-state index in [1.54, 1.807) is 17.0 Å². The van der Waals surface area contributed by atoms with Crippen LogP contribution in [0.5, 0.6) is 0 Å². The fourth-order valence-electron chi connectivity index (χ4n) is 2.47. The van der Waals surface area contributed by atoms with Crippen LogP contribution < -0.4 is 5.69 Å². The van der Waals surface area contributed by atoms with Crippen LogP contribution in [0.25, 0.3) is 5.57 Å². The van der Waals surface area contributed by atoms with E-state index in [2.05, 4.69) is 15.2 Å². The van der Waals surface area contributed by atoms with E-state index in [9.17, 15) is 14.0 Å². The molecule has 0 saturated heterocycles. The Morgan fingerprint density at radius 1 is 1.32 bits per heavy atom. The summed E-state index contributed by atoms with van der Waals surface area (Å²) in [6, 6.07) is 6.35. The Labute approximate surface area is 125 Å². The first-order valence-corrected chi connectivity index (χ1v) is 6.98. The molecule has 0 spiro atoms. The second-order valence-corrected chi connectivity index (χ2v) is 5.13. The lowest BCUT2D eigenvalue weighted by molar-refractivity contribution is -0.130. The van der Waals surface area contributed by atoms with Crippen LogP contribution in [0.2, 0.25) is 0 Å². The number of hydrogen-bond donors (Lipinski definition) is 2. The summed E-state index contributed by atoms with van der Waals surface area (Å²) >= 11 is 0.